The van der Waals surface area contributed by atoms with Gasteiger partial charge in [-0.1, -0.05) is 0 Å². The van der Waals surface area contributed by atoms with E-state index >= 15 is 0 Å². The van der Waals surface area contributed by atoms with Crippen molar-refractivity contribution in [2.75, 3.05) is 0 Å². The number of carboxylic acid groups (broad SMARTS) is 1. The van der Waals surface area contributed by atoms with Crippen LogP contribution in [0.1, 0.15) is 23.4 Å². The summed E-state index contributed by atoms with van der Waals surface area (Å²) in [6, 6.07) is 1.11. The van der Waals surface area contributed by atoms with Crippen molar-refractivity contribution in [3.8, 4) is 0 Å². The number of hydrogen-bond donors (Lipinski definition) is 1. The van der Waals surface area contributed by atoms with Gasteiger partial charge in [0, 0.05) is 4.47 Å². The summed E-state index contributed by atoms with van der Waals surface area (Å²) in [6.45, 7) is 1.54. The zero-order valence-corrected chi connectivity index (χ0v) is 9.38. The van der Waals surface area contributed by atoms with Gasteiger partial charge in [-0.25, -0.2) is 8.78 Å². The van der Waals surface area contributed by atoms with Crippen molar-refractivity contribution in [3.05, 3.63) is 27.5 Å². The zero-order chi connectivity index (χ0) is 11.6. The van der Waals surface area contributed by atoms with Gasteiger partial charge in [0.2, 0.25) is 0 Å². The Bertz CT molecular complexity index is 396. The number of carbonyl (C=O) groups is 1. The van der Waals surface area contributed by atoms with Crippen LogP contribution in [0.4, 0.5) is 8.78 Å². The summed E-state index contributed by atoms with van der Waals surface area (Å²) in [5.74, 6) is -1.07. The fourth-order valence-electron chi connectivity index (χ4n) is 1.15. The van der Waals surface area contributed by atoms with E-state index in [9.17, 15) is 13.6 Å². The van der Waals surface area contributed by atoms with E-state index in [2.05, 4.69) is 20.9 Å². The third-order valence-corrected chi connectivity index (χ3v) is 2.87. The van der Waals surface area contributed by atoms with Gasteiger partial charge in [-0.3, -0.25) is 9.78 Å². The summed E-state index contributed by atoms with van der Waals surface area (Å²) in [6.07, 6.45) is -2.99. The van der Waals surface area contributed by atoms with Crippen LogP contribution in [-0.4, -0.2) is 16.1 Å². The highest BCUT2D eigenvalue weighted by molar-refractivity contribution is 9.10. The van der Waals surface area contributed by atoms with Gasteiger partial charge in [-0.15, -0.1) is 0 Å². The third-order valence-electron chi connectivity index (χ3n) is 1.78. The Labute approximate surface area is 93.3 Å². The molecule has 0 aliphatic carbocycles. The quantitative estimate of drug-likeness (QED) is 0.926. The first kappa shape index (κ1) is 12.0. The summed E-state index contributed by atoms with van der Waals surface area (Å²) >= 11 is 3.12. The lowest BCUT2D eigenvalue weighted by Crippen LogP contribution is -2.05. The van der Waals surface area contributed by atoms with E-state index in [4.69, 9.17) is 5.11 Å². The standard InChI is InChI=1S/C9H8BrF2NO2/c1-4-8(10)5(3-7(14)15)2-6(13-4)9(11)12/h2,9H,3H2,1H3,(H,14,15). The van der Waals surface area contributed by atoms with Crippen LogP contribution in [0.3, 0.4) is 0 Å². The third kappa shape index (κ3) is 2.95. The SMILES string of the molecule is Cc1nc(C(F)F)cc(CC(=O)O)c1Br. The maximum Gasteiger partial charge on any atom is 0.307 e. The minimum Gasteiger partial charge on any atom is -0.481 e. The molecule has 0 saturated heterocycles. The van der Waals surface area contributed by atoms with Crippen molar-refractivity contribution >= 4 is 21.9 Å². The highest BCUT2D eigenvalue weighted by atomic mass is 79.9. The van der Waals surface area contributed by atoms with E-state index in [1.54, 1.807) is 6.92 Å². The van der Waals surface area contributed by atoms with Gasteiger partial charge in [-0.05, 0) is 34.5 Å². The summed E-state index contributed by atoms with van der Waals surface area (Å²) < 4.78 is 25.2. The van der Waals surface area contributed by atoms with Crippen molar-refractivity contribution in [1.29, 1.82) is 0 Å². The predicted molar refractivity (Wildman–Crippen MR) is 53.0 cm³/mol. The van der Waals surface area contributed by atoms with Crippen molar-refractivity contribution in [3.63, 3.8) is 0 Å². The molecule has 0 amide bonds. The van der Waals surface area contributed by atoms with Crippen molar-refractivity contribution < 1.29 is 18.7 Å². The van der Waals surface area contributed by atoms with Crippen LogP contribution in [0.15, 0.2) is 10.5 Å². The molecule has 0 bridgehead atoms. The smallest absolute Gasteiger partial charge is 0.307 e. The molecule has 15 heavy (non-hydrogen) atoms. The number of aliphatic carboxylic acids is 1. The van der Waals surface area contributed by atoms with Crippen LogP contribution >= 0.6 is 15.9 Å². The molecule has 0 spiro atoms. The van der Waals surface area contributed by atoms with Crippen LogP contribution in [0.5, 0.6) is 0 Å². The van der Waals surface area contributed by atoms with Gasteiger partial charge >= 0.3 is 5.97 Å². The molecule has 6 heteroatoms. The van der Waals surface area contributed by atoms with Crippen LogP contribution in [-0.2, 0) is 11.2 Å². The van der Waals surface area contributed by atoms with Crippen LogP contribution < -0.4 is 0 Å². The highest BCUT2D eigenvalue weighted by Gasteiger charge is 2.15. The average molecular weight is 280 g/mol. The van der Waals surface area contributed by atoms with Crippen molar-refractivity contribution in [1.82, 2.24) is 4.98 Å². The van der Waals surface area contributed by atoms with E-state index in [1.807, 2.05) is 0 Å². The molecule has 0 unspecified atom stereocenters. The maximum atomic E-state index is 12.4. The molecule has 0 saturated carbocycles. The molecular formula is C9H8BrF2NO2. The first-order chi connectivity index (χ1) is 6.91. The molecule has 0 radical (unpaired) electrons. The molecule has 0 fully saturated rings. The average Bonchev–Trinajstić information content (AvgIpc) is 2.11. The number of aromatic nitrogens is 1. The fourth-order valence-corrected chi connectivity index (χ4v) is 1.50. The van der Waals surface area contributed by atoms with Crippen LogP contribution in [0, 0.1) is 6.92 Å². The van der Waals surface area contributed by atoms with Crippen LogP contribution in [0.25, 0.3) is 0 Å². The molecule has 0 aliphatic heterocycles. The van der Waals surface area contributed by atoms with Gasteiger partial charge in [0.05, 0.1) is 12.1 Å². The lowest BCUT2D eigenvalue weighted by molar-refractivity contribution is -0.136. The summed E-state index contributed by atoms with van der Waals surface area (Å²) in [5, 5.41) is 8.58. The number of hydrogen-bond acceptors (Lipinski definition) is 2. The fraction of sp³-hybridized carbons (Fsp3) is 0.333. The summed E-state index contributed by atoms with van der Waals surface area (Å²) in [4.78, 5) is 14.1. The van der Waals surface area contributed by atoms with Gasteiger partial charge in [-0.2, -0.15) is 0 Å². The number of halogens is 3. The molecule has 1 rings (SSSR count). The molecule has 1 aromatic rings. The van der Waals surface area contributed by atoms with Gasteiger partial charge in [0.1, 0.15) is 5.69 Å². The van der Waals surface area contributed by atoms with Crippen LogP contribution in [0.2, 0.25) is 0 Å². The lowest BCUT2D eigenvalue weighted by atomic mass is 10.1. The molecule has 1 heterocycles. The number of rotatable bonds is 3. The highest BCUT2D eigenvalue weighted by Crippen LogP contribution is 2.25. The molecule has 3 nitrogen and oxygen atoms in total. The zero-order valence-electron chi connectivity index (χ0n) is 7.80. The molecule has 1 aromatic heterocycles. The second-order valence-electron chi connectivity index (χ2n) is 2.98. The van der Waals surface area contributed by atoms with Crippen molar-refractivity contribution in [2.24, 2.45) is 0 Å². The van der Waals surface area contributed by atoms with E-state index in [0.29, 0.717) is 15.7 Å². The lowest BCUT2D eigenvalue weighted by Gasteiger charge is -2.07. The minimum absolute atomic E-state index is 0.302. The first-order valence-electron chi connectivity index (χ1n) is 4.07. The minimum atomic E-state index is -2.69. The van der Waals surface area contributed by atoms with E-state index in [1.165, 1.54) is 0 Å². The Kier molecular flexibility index (Phi) is 3.73. The second-order valence-corrected chi connectivity index (χ2v) is 3.77. The monoisotopic (exact) mass is 279 g/mol. The van der Waals surface area contributed by atoms with Crippen molar-refractivity contribution in [2.45, 2.75) is 19.8 Å². The van der Waals surface area contributed by atoms with E-state index < -0.39 is 18.1 Å². The van der Waals surface area contributed by atoms with E-state index in [0.717, 1.165) is 6.07 Å². The number of nitrogens with zero attached hydrogens (tertiary/aromatic N) is 1. The molecule has 0 aliphatic rings. The summed E-state index contributed by atoms with van der Waals surface area (Å²) in [7, 11) is 0. The number of pyridine rings is 1. The molecular weight excluding hydrogens is 272 g/mol. The molecule has 0 aromatic carbocycles. The maximum absolute atomic E-state index is 12.4. The molecule has 82 valence electrons. The topological polar surface area (TPSA) is 50.2 Å². The Balaban J connectivity index is 3.18. The second kappa shape index (κ2) is 4.65. The molecule has 0 atom stereocenters. The first-order valence-corrected chi connectivity index (χ1v) is 4.87. The largest absolute Gasteiger partial charge is 0.481 e. The molecule has 1 N–H and O–H groups in total. The van der Waals surface area contributed by atoms with Gasteiger partial charge in [0.25, 0.3) is 6.43 Å². The Hall–Kier alpha value is -1.04. The van der Waals surface area contributed by atoms with Gasteiger partial charge < -0.3 is 5.11 Å². The number of carboxylic acids is 1. The number of aryl methyl sites for hydroxylation is 1. The van der Waals surface area contributed by atoms with Gasteiger partial charge in [0.15, 0.2) is 0 Å². The summed E-state index contributed by atoms with van der Waals surface area (Å²) in [5.41, 5.74) is 0.279. The Morgan fingerprint density at radius 1 is 1.67 bits per heavy atom. The Morgan fingerprint density at radius 2 is 2.27 bits per heavy atom. The van der Waals surface area contributed by atoms with E-state index in [-0.39, 0.29) is 6.42 Å². The normalized spacial score (nSPS) is 10.7. The predicted octanol–water partition coefficient (Wildman–Crippen LogP) is 2.72. The number of alkyl halides is 2. The Morgan fingerprint density at radius 3 is 2.73 bits per heavy atom.